The minimum atomic E-state index is -0.889. The fourth-order valence-electron chi connectivity index (χ4n) is 0.749. The van der Waals surface area contributed by atoms with Gasteiger partial charge in [-0.2, -0.15) is 0 Å². The minimum Gasteiger partial charge on any atom is -0.481 e. The highest BCUT2D eigenvalue weighted by atomic mass is 16.4. The number of carboxylic acid groups (broad SMARTS) is 1. The number of carbonyl (C=O) groups is 1. The van der Waals surface area contributed by atoms with Crippen LogP contribution in [-0.2, 0) is 11.2 Å². The Kier molecular flexibility index (Phi) is 1.98. The van der Waals surface area contributed by atoms with Crippen molar-refractivity contribution in [2.45, 2.75) is 6.42 Å². The first-order valence-corrected chi connectivity index (χ1v) is 3.08. The van der Waals surface area contributed by atoms with Crippen LogP contribution in [0.25, 0.3) is 0 Å². The summed E-state index contributed by atoms with van der Waals surface area (Å²) >= 11 is 0. The van der Waals surface area contributed by atoms with E-state index < -0.39 is 5.97 Å². The van der Waals surface area contributed by atoms with Crippen molar-refractivity contribution in [3.63, 3.8) is 0 Å². The fourth-order valence-corrected chi connectivity index (χ4v) is 0.749. The third-order valence-electron chi connectivity index (χ3n) is 1.15. The van der Waals surface area contributed by atoms with Crippen molar-refractivity contribution in [3.8, 4) is 0 Å². The first-order valence-electron chi connectivity index (χ1n) is 3.08. The molecule has 0 aliphatic rings. The number of anilines is 1. The number of aliphatic carboxylic acids is 1. The summed E-state index contributed by atoms with van der Waals surface area (Å²) < 4.78 is 0. The van der Waals surface area contributed by atoms with Crippen molar-refractivity contribution >= 4 is 11.7 Å². The van der Waals surface area contributed by atoms with Crippen LogP contribution in [-0.4, -0.2) is 11.1 Å². The maximum Gasteiger partial charge on any atom is 0.308 e. The topological polar surface area (TPSA) is 63.3 Å². The number of carboxylic acids is 1. The van der Waals surface area contributed by atoms with Crippen LogP contribution < -0.4 is 5.73 Å². The summed E-state index contributed by atoms with van der Waals surface area (Å²) in [6, 6.07) is 8.40. The Bertz CT molecular complexity index is 271. The molecular formula is C8H7NO2. The average Bonchev–Trinajstić information content (AvgIpc) is 1.85. The van der Waals surface area contributed by atoms with Crippen LogP contribution in [0.2, 0.25) is 0 Å². The van der Waals surface area contributed by atoms with Gasteiger partial charge in [-0.05, 0) is 6.07 Å². The minimum absolute atomic E-state index is 0.0540. The van der Waals surface area contributed by atoms with Crippen molar-refractivity contribution in [2.24, 2.45) is 0 Å². The molecule has 3 nitrogen and oxygen atoms in total. The lowest BCUT2D eigenvalue weighted by Crippen LogP contribution is -1.99. The zero-order chi connectivity index (χ0) is 8.27. The zero-order valence-electron chi connectivity index (χ0n) is 5.79. The van der Waals surface area contributed by atoms with Gasteiger partial charge in [0.15, 0.2) is 0 Å². The Morgan fingerprint density at radius 3 is 3.00 bits per heavy atom. The van der Waals surface area contributed by atoms with Crippen LogP contribution in [0.3, 0.4) is 0 Å². The monoisotopic (exact) mass is 149 g/mol. The SMILES string of the molecule is Nc1cc#cc(CC(=O)O)c1. The second kappa shape index (κ2) is 2.93. The maximum absolute atomic E-state index is 10.2. The van der Waals surface area contributed by atoms with Gasteiger partial charge in [0, 0.05) is 17.3 Å². The molecule has 3 heteroatoms. The molecule has 3 N–H and O–H groups in total. The molecule has 0 heterocycles. The molecule has 0 aliphatic heterocycles. The first-order chi connectivity index (χ1) is 5.18. The van der Waals surface area contributed by atoms with E-state index in [0.29, 0.717) is 11.3 Å². The van der Waals surface area contributed by atoms with E-state index in [2.05, 4.69) is 12.1 Å². The van der Waals surface area contributed by atoms with Gasteiger partial charge in [-0.25, -0.2) is 0 Å². The van der Waals surface area contributed by atoms with Crippen LogP contribution in [0, 0.1) is 12.1 Å². The van der Waals surface area contributed by atoms with Crippen molar-refractivity contribution in [1.82, 2.24) is 0 Å². The summed E-state index contributed by atoms with van der Waals surface area (Å²) in [6.45, 7) is 0. The lowest BCUT2D eigenvalue weighted by atomic mass is 10.2. The number of nitrogens with two attached hydrogens (primary N) is 1. The Labute approximate surface area is 64.5 Å². The molecule has 0 bridgehead atoms. The molecule has 1 rings (SSSR count). The van der Waals surface area contributed by atoms with Gasteiger partial charge in [-0.1, -0.05) is 12.1 Å². The van der Waals surface area contributed by atoms with Gasteiger partial charge in [-0.3, -0.25) is 4.79 Å². The number of hydrogen-bond donors (Lipinski definition) is 2. The third kappa shape index (κ3) is 2.18. The molecule has 0 atom stereocenters. The quantitative estimate of drug-likeness (QED) is 0.643. The lowest BCUT2D eigenvalue weighted by Gasteiger charge is -1.92. The number of rotatable bonds is 2. The number of hydrogen-bond acceptors (Lipinski definition) is 2. The molecule has 0 saturated carbocycles. The molecule has 0 amide bonds. The molecule has 1 aromatic rings. The maximum atomic E-state index is 10.2. The summed E-state index contributed by atoms with van der Waals surface area (Å²) in [5.74, 6) is -0.889. The van der Waals surface area contributed by atoms with Crippen LogP contribution in [0.4, 0.5) is 5.69 Å². The fraction of sp³-hybridized carbons (Fsp3) is 0.125. The van der Waals surface area contributed by atoms with E-state index in [0.717, 1.165) is 0 Å². The smallest absolute Gasteiger partial charge is 0.308 e. The van der Waals surface area contributed by atoms with Gasteiger partial charge in [0.25, 0.3) is 0 Å². The van der Waals surface area contributed by atoms with E-state index in [4.69, 9.17) is 10.8 Å². The Morgan fingerprint density at radius 2 is 2.45 bits per heavy atom. The molecule has 0 spiro atoms. The van der Waals surface area contributed by atoms with Crippen molar-refractivity contribution in [1.29, 1.82) is 0 Å². The van der Waals surface area contributed by atoms with Crippen molar-refractivity contribution < 1.29 is 9.90 Å². The second-order valence-electron chi connectivity index (χ2n) is 2.15. The van der Waals surface area contributed by atoms with Gasteiger partial charge in [0.05, 0.1) is 6.42 Å². The molecule has 0 aliphatic carbocycles. The molecule has 0 aromatic heterocycles. The van der Waals surface area contributed by atoms with E-state index in [-0.39, 0.29) is 6.42 Å². The standard InChI is InChI=1S/C8H7NO2/c9-7-3-1-2-6(4-7)5-8(10)11/h3-4H,5,9H2,(H,10,11). The van der Waals surface area contributed by atoms with Gasteiger partial charge in [-0.15, -0.1) is 0 Å². The predicted molar refractivity (Wildman–Crippen MR) is 39.9 cm³/mol. The summed E-state index contributed by atoms with van der Waals surface area (Å²) in [6.07, 6.45) is -0.0540. The van der Waals surface area contributed by atoms with Crippen LogP contribution in [0.15, 0.2) is 12.1 Å². The highest BCUT2D eigenvalue weighted by molar-refractivity contribution is 5.70. The molecule has 0 radical (unpaired) electrons. The van der Waals surface area contributed by atoms with E-state index >= 15 is 0 Å². The lowest BCUT2D eigenvalue weighted by molar-refractivity contribution is -0.136. The van der Waals surface area contributed by atoms with Gasteiger partial charge < -0.3 is 10.8 Å². The van der Waals surface area contributed by atoms with Crippen molar-refractivity contribution in [3.05, 3.63) is 29.8 Å². The molecule has 56 valence electrons. The Hall–Kier alpha value is -1.69. The molecule has 0 fully saturated rings. The van der Waals surface area contributed by atoms with Gasteiger partial charge >= 0.3 is 5.97 Å². The Balaban J connectivity index is 2.79. The highest BCUT2D eigenvalue weighted by Crippen LogP contribution is 2.02. The van der Waals surface area contributed by atoms with Crippen LogP contribution in [0.5, 0.6) is 0 Å². The number of nitrogen functional groups attached to an aromatic ring is 1. The van der Waals surface area contributed by atoms with E-state index in [1.165, 1.54) is 0 Å². The van der Waals surface area contributed by atoms with Gasteiger partial charge in [0.1, 0.15) is 0 Å². The summed E-state index contributed by atoms with van der Waals surface area (Å²) in [4.78, 5) is 10.2. The Morgan fingerprint density at radius 1 is 1.73 bits per heavy atom. The largest absolute Gasteiger partial charge is 0.481 e. The molecule has 0 unspecified atom stereocenters. The van der Waals surface area contributed by atoms with Crippen molar-refractivity contribution in [2.75, 3.05) is 5.73 Å². The van der Waals surface area contributed by atoms with Crippen LogP contribution in [0.1, 0.15) is 5.56 Å². The summed E-state index contributed by atoms with van der Waals surface area (Å²) in [5.41, 5.74) is 6.46. The highest BCUT2D eigenvalue weighted by Gasteiger charge is 1.98. The zero-order valence-corrected chi connectivity index (χ0v) is 5.79. The molecule has 0 saturated heterocycles. The second-order valence-corrected chi connectivity index (χ2v) is 2.15. The molecule has 11 heavy (non-hydrogen) atoms. The third-order valence-corrected chi connectivity index (χ3v) is 1.15. The molecule has 1 aromatic carbocycles. The van der Waals surface area contributed by atoms with E-state index in [1.807, 2.05) is 0 Å². The van der Waals surface area contributed by atoms with Gasteiger partial charge in [0.2, 0.25) is 0 Å². The van der Waals surface area contributed by atoms with Crippen LogP contribution >= 0.6 is 0 Å². The predicted octanol–water partition coefficient (Wildman–Crippen LogP) is 0.496. The summed E-state index contributed by atoms with van der Waals surface area (Å²) in [7, 11) is 0. The average molecular weight is 149 g/mol. The first kappa shape index (κ1) is 7.42. The summed E-state index contributed by atoms with van der Waals surface area (Å²) in [5, 5.41) is 8.38. The molecular weight excluding hydrogens is 142 g/mol. The van der Waals surface area contributed by atoms with E-state index in [9.17, 15) is 4.79 Å². The normalized spacial score (nSPS) is 8.73. The van der Waals surface area contributed by atoms with E-state index in [1.54, 1.807) is 12.1 Å².